The zero-order chi connectivity index (χ0) is 39.6. The average Bonchev–Trinajstić information content (AvgIpc) is 3.79. The zero-order valence-corrected chi connectivity index (χ0v) is 33.8. The largest absolute Gasteiger partial charge is 0.507 e. The normalized spacial score (nSPS) is 25.3. The Bertz CT molecular complexity index is 1800. The average molecular weight is 770 g/mol. The number of β-amino-alcohol motifs (C(OH)–C–C–N with tert-alkyl or cyclic N) is 1. The number of phenols is 1. The SMILES string of the molecule is C[C@@H]1C[C@@H](O)CN1C(=O)[C@@H](NC(=O)C1CCC(N2CCC(CN3CCC(Cn4cc(-c5cc(-c6ccccc6O)nnc5N)cn4)CC3)CC2)CC1)C(C)(C)C. The highest BCUT2D eigenvalue weighted by Crippen LogP contribution is 2.34. The number of aromatic nitrogens is 4. The first-order chi connectivity index (χ1) is 26.8. The molecule has 3 atom stereocenters. The van der Waals surface area contributed by atoms with Gasteiger partial charge in [0.25, 0.3) is 0 Å². The standard InChI is InChI=1S/C43H63N9O4/c1-28-21-34(53)27-52(28)42(56)39(43(2,3)4)46-41(55)31-9-11-33(12-10-31)50-19-15-29(16-20-50)24-49-17-13-30(14-18-49)25-51-26-32(23-45-51)36-22-37(47-48-40(36)44)35-7-5-6-8-38(35)54/h5-8,22-23,26,28-31,33-34,39,53-54H,9-21,24-25,27H2,1-4H3,(H2,44,48)(H,46,55)/t28-,31?,33?,34-,39-/m1/s1. The van der Waals surface area contributed by atoms with E-state index >= 15 is 0 Å². The third-order valence-electron chi connectivity index (χ3n) is 13.1. The molecule has 1 saturated carbocycles. The fourth-order valence-corrected chi connectivity index (χ4v) is 9.63. The van der Waals surface area contributed by atoms with Crippen molar-refractivity contribution in [1.29, 1.82) is 0 Å². The van der Waals surface area contributed by atoms with E-state index in [1.54, 1.807) is 17.0 Å². The fourth-order valence-electron chi connectivity index (χ4n) is 9.63. The maximum Gasteiger partial charge on any atom is 0.246 e. The van der Waals surface area contributed by atoms with E-state index < -0.39 is 17.6 Å². The number of piperidine rings is 2. The third-order valence-corrected chi connectivity index (χ3v) is 13.1. The number of benzene rings is 1. The number of rotatable bonds is 10. The molecular weight excluding hydrogens is 707 g/mol. The molecule has 4 fully saturated rings. The number of hydrogen-bond acceptors (Lipinski definition) is 10. The highest BCUT2D eigenvalue weighted by atomic mass is 16.3. The molecule has 0 bridgehead atoms. The van der Waals surface area contributed by atoms with Crippen molar-refractivity contribution in [2.45, 2.75) is 116 Å². The Balaban J connectivity index is 0.817. The maximum absolute atomic E-state index is 13.5. The second-order valence-corrected chi connectivity index (χ2v) is 18.3. The summed E-state index contributed by atoms with van der Waals surface area (Å²) >= 11 is 0. The number of nitrogens with one attached hydrogen (secondary N) is 1. The zero-order valence-electron chi connectivity index (χ0n) is 33.8. The number of amides is 2. The number of phenolic OH excluding ortho intramolecular Hbond substituents is 1. The lowest BCUT2D eigenvalue weighted by Gasteiger charge is -2.42. The summed E-state index contributed by atoms with van der Waals surface area (Å²) in [5.41, 5.74) is 8.65. The number of aromatic hydroxyl groups is 1. The minimum absolute atomic E-state index is 0.00819. The molecule has 304 valence electrons. The summed E-state index contributed by atoms with van der Waals surface area (Å²) in [5.74, 6) is 1.67. The Morgan fingerprint density at radius 1 is 0.929 bits per heavy atom. The number of aliphatic hydroxyl groups is 1. The molecule has 1 aliphatic carbocycles. The van der Waals surface area contributed by atoms with Crippen molar-refractivity contribution in [1.82, 2.24) is 40.0 Å². The molecule has 3 aromatic rings. The van der Waals surface area contributed by atoms with Gasteiger partial charge in [0.05, 0.1) is 18.0 Å². The summed E-state index contributed by atoms with van der Waals surface area (Å²) in [6, 6.07) is 8.88. The molecule has 0 spiro atoms. The predicted molar refractivity (Wildman–Crippen MR) is 217 cm³/mol. The van der Waals surface area contributed by atoms with Gasteiger partial charge in [-0.25, -0.2) is 0 Å². The quantitative estimate of drug-likeness (QED) is 0.225. The molecular formula is C43H63N9O4. The Kier molecular flexibility index (Phi) is 12.3. The van der Waals surface area contributed by atoms with E-state index in [-0.39, 0.29) is 29.5 Å². The van der Waals surface area contributed by atoms with Crippen molar-refractivity contribution in [3.05, 3.63) is 42.7 Å². The molecule has 4 aliphatic rings. The summed E-state index contributed by atoms with van der Waals surface area (Å²) in [6.45, 7) is 14.9. The number of carbonyl (C=O) groups is 2. The molecule has 7 rings (SSSR count). The monoisotopic (exact) mass is 770 g/mol. The molecule has 56 heavy (non-hydrogen) atoms. The van der Waals surface area contributed by atoms with E-state index in [9.17, 15) is 19.8 Å². The van der Waals surface area contributed by atoms with Gasteiger partial charge >= 0.3 is 0 Å². The molecule has 13 nitrogen and oxygen atoms in total. The van der Waals surface area contributed by atoms with Crippen LogP contribution in [-0.2, 0) is 16.1 Å². The minimum Gasteiger partial charge on any atom is -0.507 e. The number of likely N-dealkylation sites (tertiary alicyclic amines) is 3. The number of nitrogen functional groups attached to an aromatic ring is 1. The van der Waals surface area contributed by atoms with Gasteiger partial charge in [0, 0.05) is 60.5 Å². The highest BCUT2D eigenvalue weighted by molar-refractivity contribution is 5.89. The van der Waals surface area contributed by atoms with E-state index in [2.05, 4.69) is 30.4 Å². The van der Waals surface area contributed by atoms with Crippen molar-refractivity contribution >= 4 is 17.6 Å². The van der Waals surface area contributed by atoms with E-state index in [1.165, 1.54) is 19.4 Å². The number of hydrogen-bond donors (Lipinski definition) is 4. The first-order valence-corrected chi connectivity index (χ1v) is 21.0. The smallest absolute Gasteiger partial charge is 0.246 e. The van der Waals surface area contributed by atoms with Gasteiger partial charge < -0.3 is 36.0 Å². The minimum atomic E-state index is -0.598. The lowest BCUT2D eigenvalue weighted by Crippen LogP contribution is -2.57. The van der Waals surface area contributed by atoms with Gasteiger partial charge in [-0.15, -0.1) is 10.2 Å². The summed E-state index contributed by atoms with van der Waals surface area (Å²) in [6.07, 6.45) is 12.5. The van der Waals surface area contributed by atoms with Crippen molar-refractivity contribution in [3.8, 4) is 28.1 Å². The molecule has 2 amide bonds. The van der Waals surface area contributed by atoms with Crippen molar-refractivity contribution in [2.24, 2.45) is 23.2 Å². The Morgan fingerprint density at radius 2 is 1.61 bits per heavy atom. The van der Waals surface area contributed by atoms with E-state index in [0.717, 1.165) is 88.3 Å². The number of anilines is 1. The van der Waals surface area contributed by atoms with Gasteiger partial charge in [-0.3, -0.25) is 14.3 Å². The van der Waals surface area contributed by atoms with Crippen LogP contribution in [0.25, 0.3) is 22.4 Å². The summed E-state index contributed by atoms with van der Waals surface area (Å²) in [4.78, 5) is 34.1. The molecule has 0 radical (unpaired) electrons. The molecule has 5 N–H and O–H groups in total. The molecule has 0 unspecified atom stereocenters. The Morgan fingerprint density at radius 3 is 2.27 bits per heavy atom. The summed E-state index contributed by atoms with van der Waals surface area (Å²) < 4.78 is 2.02. The second-order valence-electron chi connectivity index (χ2n) is 18.3. The van der Waals surface area contributed by atoms with Crippen molar-refractivity contribution < 1.29 is 19.8 Å². The maximum atomic E-state index is 13.5. The number of para-hydroxylation sites is 1. The topological polar surface area (TPSA) is 166 Å². The Labute approximate surface area is 332 Å². The van der Waals surface area contributed by atoms with Crippen LogP contribution >= 0.6 is 0 Å². The van der Waals surface area contributed by atoms with Crippen LogP contribution in [0.15, 0.2) is 42.7 Å². The third kappa shape index (κ3) is 9.37. The van der Waals surface area contributed by atoms with Crippen LogP contribution in [0.4, 0.5) is 5.82 Å². The van der Waals surface area contributed by atoms with Gasteiger partial charge in [0.2, 0.25) is 11.8 Å². The van der Waals surface area contributed by atoms with Crippen LogP contribution in [0, 0.1) is 23.2 Å². The van der Waals surface area contributed by atoms with Gasteiger partial charge in [-0.1, -0.05) is 32.9 Å². The van der Waals surface area contributed by atoms with Crippen LogP contribution in [0.2, 0.25) is 0 Å². The summed E-state index contributed by atoms with van der Waals surface area (Å²) in [5, 5.41) is 36.6. The van der Waals surface area contributed by atoms with Crippen LogP contribution in [0.5, 0.6) is 5.75 Å². The van der Waals surface area contributed by atoms with E-state index in [0.29, 0.717) is 42.0 Å². The molecule has 3 saturated heterocycles. The highest BCUT2D eigenvalue weighted by Gasteiger charge is 2.42. The molecule has 13 heteroatoms. The number of nitrogens with two attached hydrogens (primary N) is 1. The van der Waals surface area contributed by atoms with Gasteiger partial charge in [0.1, 0.15) is 11.8 Å². The van der Waals surface area contributed by atoms with E-state index in [1.807, 2.05) is 63.0 Å². The first kappa shape index (κ1) is 40.1. The van der Waals surface area contributed by atoms with Crippen LogP contribution in [0.1, 0.15) is 85.5 Å². The Hall–Kier alpha value is -4.07. The fraction of sp³-hybridized carbons (Fsp3) is 0.651. The summed E-state index contributed by atoms with van der Waals surface area (Å²) in [7, 11) is 0. The second kappa shape index (κ2) is 17.2. The lowest BCUT2D eigenvalue weighted by molar-refractivity contribution is -0.141. The van der Waals surface area contributed by atoms with Gasteiger partial charge in [0.15, 0.2) is 5.82 Å². The van der Waals surface area contributed by atoms with Crippen molar-refractivity contribution in [3.63, 3.8) is 0 Å². The van der Waals surface area contributed by atoms with Gasteiger partial charge in [-0.05, 0) is 126 Å². The molecule has 2 aromatic heterocycles. The van der Waals surface area contributed by atoms with Crippen LogP contribution < -0.4 is 11.1 Å². The number of carbonyl (C=O) groups excluding carboxylic acids is 2. The van der Waals surface area contributed by atoms with E-state index in [4.69, 9.17) is 5.73 Å². The van der Waals surface area contributed by atoms with Crippen LogP contribution in [-0.4, -0.2) is 120 Å². The van der Waals surface area contributed by atoms with Crippen molar-refractivity contribution in [2.75, 3.05) is 45.0 Å². The van der Waals surface area contributed by atoms with Crippen LogP contribution in [0.3, 0.4) is 0 Å². The lowest BCUT2D eigenvalue weighted by atomic mass is 9.81. The predicted octanol–water partition coefficient (Wildman–Crippen LogP) is 4.79. The number of aliphatic hydroxyl groups excluding tert-OH is 1. The first-order valence-electron chi connectivity index (χ1n) is 21.0. The molecule has 5 heterocycles. The number of nitrogens with zero attached hydrogens (tertiary/aromatic N) is 7. The molecule has 1 aromatic carbocycles. The molecule has 3 aliphatic heterocycles. The van der Waals surface area contributed by atoms with Gasteiger partial charge in [-0.2, -0.15) is 5.10 Å².